The lowest BCUT2D eigenvalue weighted by Crippen LogP contribution is -2.26. The van der Waals surface area contributed by atoms with Gasteiger partial charge in [0, 0.05) is 55.8 Å². The molecule has 7 heteroatoms. The fourth-order valence-electron chi connectivity index (χ4n) is 2.67. The third-order valence-electron chi connectivity index (χ3n) is 3.93. The van der Waals surface area contributed by atoms with Crippen molar-refractivity contribution < 1.29 is 0 Å². The van der Waals surface area contributed by atoms with Crippen LogP contribution in [0.15, 0.2) is 56.9 Å². The van der Waals surface area contributed by atoms with E-state index in [1.807, 2.05) is 32.3 Å². The maximum absolute atomic E-state index is 4.43. The Morgan fingerprint density at radius 2 is 1.00 bits per heavy atom. The molecular weight excluding hydrogens is 314 g/mol. The van der Waals surface area contributed by atoms with Gasteiger partial charge in [-0.3, -0.25) is 4.90 Å². The predicted molar refractivity (Wildman–Crippen MR) is 98.8 cm³/mol. The van der Waals surface area contributed by atoms with Crippen molar-refractivity contribution in [1.82, 2.24) is 33.6 Å². The lowest BCUT2D eigenvalue weighted by atomic mass is 10.4. The van der Waals surface area contributed by atoms with Gasteiger partial charge in [0.05, 0.1) is 19.6 Å². The fraction of sp³-hybridized carbons (Fsp3) is 0.167. The van der Waals surface area contributed by atoms with E-state index < -0.39 is 0 Å². The van der Waals surface area contributed by atoms with Gasteiger partial charge in [-0.05, 0) is 0 Å². The zero-order chi connectivity index (χ0) is 17.6. The first kappa shape index (κ1) is 16.7. The summed E-state index contributed by atoms with van der Waals surface area (Å²) in [7, 11) is 0. The van der Waals surface area contributed by atoms with Crippen molar-refractivity contribution in [3.8, 4) is 0 Å². The topological polar surface area (TPSA) is 56.7 Å². The summed E-state index contributed by atoms with van der Waals surface area (Å²) in [6.07, 6.45) is 16.2. The molecule has 0 aliphatic carbocycles. The molecule has 0 aliphatic heterocycles. The van der Waals surface area contributed by atoms with E-state index >= 15 is 0 Å². The third kappa shape index (κ3) is 3.67. The Labute approximate surface area is 146 Å². The second-order valence-electron chi connectivity index (χ2n) is 5.45. The summed E-state index contributed by atoms with van der Waals surface area (Å²) in [5, 5.41) is 0. The summed E-state index contributed by atoms with van der Waals surface area (Å²) in [6, 6.07) is 0. The lowest BCUT2D eigenvalue weighted by molar-refractivity contribution is 0.227. The number of hydrogen-bond donors (Lipinski definition) is 0. The van der Waals surface area contributed by atoms with Crippen LogP contribution in [-0.4, -0.2) is 33.6 Å². The van der Waals surface area contributed by atoms with E-state index in [2.05, 4.69) is 39.6 Å². The van der Waals surface area contributed by atoms with E-state index in [0.717, 1.165) is 17.5 Å². The standard InChI is InChI=1S/C18H21N7/c1-4-23-10-7-19-16(23)13-22(14-17-20-8-11-24(17)5-2)15-18-21-9-12-25(18)6-3/h4-12H,1-3,13-15H2. The maximum atomic E-state index is 4.43. The average molecular weight is 335 g/mol. The number of aromatic nitrogens is 6. The monoisotopic (exact) mass is 335 g/mol. The molecule has 7 nitrogen and oxygen atoms in total. The Bertz CT molecular complexity index is 753. The van der Waals surface area contributed by atoms with Crippen LogP contribution in [0.4, 0.5) is 0 Å². The van der Waals surface area contributed by atoms with Gasteiger partial charge in [-0.25, -0.2) is 15.0 Å². The quantitative estimate of drug-likeness (QED) is 0.603. The minimum Gasteiger partial charge on any atom is -0.310 e. The zero-order valence-corrected chi connectivity index (χ0v) is 14.1. The normalized spacial score (nSPS) is 10.9. The molecule has 3 aromatic heterocycles. The first-order valence-electron chi connectivity index (χ1n) is 7.90. The molecule has 0 spiro atoms. The molecule has 0 saturated carbocycles. The molecule has 0 saturated heterocycles. The molecular formula is C18H21N7. The Morgan fingerprint density at radius 3 is 1.28 bits per heavy atom. The zero-order valence-electron chi connectivity index (χ0n) is 14.1. The molecule has 0 radical (unpaired) electrons. The first-order valence-corrected chi connectivity index (χ1v) is 7.90. The summed E-state index contributed by atoms with van der Waals surface area (Å²) in [5.41, 5.74) is 0. The van der Waals surface area contributed by atoms with E-state index in [0.29, 0.717) is 19.6 Å². The molecule has 0 unspecified atom stereocenters. The molecule has 0 aliphatic rings. The highest BCUT2D eigenvalue weighted by Gasteiger charge is 2.15. The second-order valence-corrected chi connectivity index (χ2v) is 5.45. The Hall–Kier alpha value is -3.19. The van der Waals surface area contributed by atoms with Crippen LogP contribution in [0.5, 0.6) is 0 Å². The van der Waals surface area contributed by atoms with Gasteiger partial charge < -0.3 is 13.7 Å². The van der Waals surface area contributed by atoms with Gasteiger partial charge in [0.1, 0.15) is 17.5 Å². The summed E-state index contributed by atoms with van der Waals surface area (Å²) in [4.78, 5) is 15.5. The van der Waals surface area contributed by atoms with Gasteiger partial charge in [0.2, 0.25) is 0 Å². The highest BCUT2D eigenvalue weighted by molar-refractivity contribution is 5.22. The van der Waals surface area contributed by atoms with Crippen molar-refractivity contribution in [2.24, 2.45) is 0 Å². The number of nitrogens with zero attached hydrogens (tertiary/aromatic N) is 7. The van der Waals surface area contributed by atoms with Crippen LogP contribution in [0.3, 0.4) is 0 Å². The summed E-state index contributed by atoms with van der Waals surface area (Å²) < 4.78 is 5.73. The minimum absolute atomic E-state index is 0.632. The van der Waals surface area contributed by atoms with Gasteiger partial charge in [0.15, 0.2) is 0 Å². The van der Waals surface area contributed by atoms with Crippen LogP contribution >= 0.6 is 0 Å². The molecule has 0 atom stereocenters. The van der Waals surface area contributed by atoms with Gasteiger partial charge >= 0.3 is 0 Å². The first-order chi connectivity index (χ1) is 12.2. The van der Waals surface area contributed by atoms with Crippen LogP contribution in [-0.2, 0) is 19.6 Å². The predicted octanol–water partition coefficient (Wildman–Crippen LogP) is 2.78. The maximum Gasteiger partial charge on any atom is 0.126 e. The Morgan fingerprint density at radius 1 is 0.680 bits per heavy atom. The average Bonchev–Trinajstić information content (AvgIpc) is 3.35. The van der Waals surface area contributed by atoms with Crippen molar-refractivity contribution in [1.29, 1.82) is 0 Å². The van der Waals surface area contributed by atoms with Crippen LogP contribution < -0.4 is 0 Å². The van der Waals surface area contributed by atoms with Crippen molar-refractivity contribution in [3.63, 3.8) is 0 Å². The van der Waals surface area contributed by atoms with Gasteiger partial charge in [-0.15, -0.1) is 0 Å². The van der Waals surface area contributed by atoms with Crippen molar-refractivity contribution >= 4 is 18.6 Å². The molecule has 128 valence electrons. The highest BCUT2D eigenvalue weighted by Crippen LogP contribution is 2.13. The largest absolute Gasteiger partial charge is 0.310 e. The van der Waals surface area contributed by atoms with Gasteiger partial charge in [-0.2, -0.15) is 0 Å². The van der Waals surface area contributed by atoms with E-state index in [4.69, 9.17) is 0 Å². The summed E-state index contributed by atoms with van der Waals surface area (Å²) in [6.45, 7) is 13.4. The molecule has 0 aromatic carbocycles. The lowest BCUT2D eigenvalue weighted by Gasteiger charge is -2.21. The van der Waals surface area contributed by atoms with Crippen molar-refractivity contribution in [2.75, 3.05) is 0 Å². The van der Waals surface area contributed by atoms with E-state index in [1.54, 1.807) is 37.2 Å². The molecule has 0 bridgehead atoms. The minimum atomic E-state index is 0.632. The SMILES string of the molecule is C=Cn1ccnc1CN(Cc1nccn1C=C)Cc1nccn1C=C. The van der Waals surface area contributed by atoms with Crippen LogP contribution in [0, 0.1) is 0 Å². The van der Waals surface area contributed by atoms with Crippen LogP contribution in [0.2, 0.25) is 0 Å². The smallest absolute Gasteiger partial charge is 0.126 e. The molecule has 3 rings (SSSR count). The van der Waals surface area contributed by atoms with E-state index in [1.165, 1.54) is 0 Å². The molecule has 0 N–H and O–H groups in total. The molecule has 0 fully saturated rings. The number of imidazole rings is 3. The number of rotatable bonds is 9. The summed E-state index contributed by atoms with van der Waals surface area (Å²) >= 11 is 0. The molecule has 25 heavy (non-hydrogen) atoms. The fourth-order valence-corrected chi connectivity index (χ4v) is 2.67. The third-order valence-corrected chi connectivity index (χ3v) is 3.93. The van der Waals surface area contributed by atoms with Crippen LogP contribution in [0.1, 0.15) is 17.5 Å². The second kappa shape index (κ2) is 7.59. The van der Waals surface area contributed by atoms with E-state index in [9.17, 15) is 0 Å². The van der Waals surface area contributed by atoms with Gasteiger partial charge in [-0.1, -0.05) is 19.7 Å². The van der Waals surface area contributed by atoms with Gasteiger partial charge in [0.25, 0.3) is 0 Å². The Kier molecular flexibility index (Phi) is 5.06. The van der Waals surface area contributed by atoms with E-state index in [-0.39, 0.29) is 0 Å². The Balaban J connectivity index is 1.86. The van der Waals surface area contributed by atoms with Crippen molar-refractivity contribution in [3.05, 3.63) is 74.4 Å². The summed E-state index contributed by atoms with van der Waals surface area (Å²) in [5.74, 6) is 2.72. The molecule has 3 aromatic rings. The number of hydrogen-bond acceptors (Lipinski definition) is 4. The molecule has 0 amide bonds. The molecule has 3 heterocycles. The highest BCUT2D eigenvalue weighted by atomic mass is 15.2. The van der Waals surface area contributed by atoms with Crippen LogP contribution in [0.25, 0.3) is 18.6 Å². The van der Waals surface area contributed by atoms with Crippen molar-refractivity contribution in [2.45, 2.75) is 19.6 Å².